The van der Waals surface area contributed by atoms with Crippen molar-refractivity contribution in [3.05, 3.63) is 93.0 Å². The molecule has 406 valence electrons. The molecule has 3 atom stereocenters. The number of rotatable bonds is 16. The molecule has 1 fully saturated rings. The number of pyridine rings is 1. The maximum Gasteiger partial charge on any atom is 0.435 e. The summed E-state index contributed by atoms with van der Waals surface area (Å²) in [5.41, 5.74) is -6.13. The number of benzene rings is 2. The molecule has 75 heavy (non-hydrogen) atoms. The Morgan fingerprint density at radius 2 is 1.60 bits per heavy atom. The number of sulfone groups is 1. The number of hydrogen-bond donors (Lipinski definition) is 4. The summed E-state index contributed by atoms with van der Waals surface area (Å²) in [6.07, 6.45) is -11.0. The van der Waals surface area contributed by atoms with Gasteiger partial charge in [0.2, 0.25) is 15.9 Å². The SMILES string of the molecule is CC(C)(C#Cc1ccc(-c2ccc(Cl)c3c(N(C(=O)NCCCCP(=O)(O)O)S(C)(=O)=O)nn(CC(F)(F)F)c23)c([C@H](Cc2cc(F)cc(F)c2)NC(=O)Cn2nc(C(F)(F)F)c3c2C(F)(F)[C@@H]2C[C@H]32)n1)S(C)(=O)=O. The summed E-state index contributed by atoms with van der Waals surface area (Å²) < 4.78 is 209. The van der Waals surface area contributed by atoms with E-state index in [-0.39, 0.29) is 49.8 Å². The summed E-state index contributed by atoms with van der Waals surface area (Å²) in [4.78, 5) is 50.7. The van der Waals surface area contributed by atoms with Gasteiger partial charge in [-0.05, 0) is 87.3 Å². The van der Waals surface area contributed by atoms with E-state index < -0.39 is 174 Å². The van der Waals surface area contributed by atoms with Crippen LogP contribution >= 0.6 is 19.2 Å². The van der Waals surface area contributed by atoms with Crippen molar-refractivity contribution in [2.24, 2.45) is 5.92 Å². The van der Waals surface area contributed by atoms with Crippen molar-refractivity contribution in [2.75, 3.05) is 29.5 Å². The van der Waals surface area contributed by atoms with E-state index >= 15 is 8.78 Å². The van der Waals surface area contributed by atoms with Crippen LogP contribution in [-0.2, 0) is 60.8 Å². The second-order valence-electron chi connectivity index (χ2n) is 18.4. The minimum absolute atomic E-state index is 0.0209. The largest absolute Gasteiger partial charge is 0.435 e. The standard InChI is InChI=1S/C44H42ClF10N8O9PS2/c1-41(2,74(3,69)70)12-11-25-7-8-26(27-9-10-30(45)34-36(27)62(21-42(48,49)50)60-39(34)63(75(4,71)72)40(65)56-13-5-6-14-73(66,67)68)35(57-25)31(17-22-15-23(46)18-24(47)16-22)58-32(64)20-61-38-33(37(59-61)44(53,54)55)28-19-29(28)43(38,51)52/h7-10,15-16,18,28-29,31H,5-6,13-14,17,19-21H2,1-4H3,(H,56,65)(H,58,64)(H2,66,67,68)/t28-,29+,31-/m0/s1. The van der Waals surface area contributed by atoms with E-state index in [0.29, 0.717) is 12.3 Å². The number of halogens is 11. The molecule has 31 heteroatoms. The second-order valence-corrected chi connectivity index (χ2v) is 25.0. The lowest BCUT2D eigenvalue weighted by atomic mass is 9.93. The fraction of sp³-hybridized carbons (Fsp3) is 0.432. The lowest BCUT2D eigenvalue weighted by molar-refractivity contribution is -0.143. The Kier molecular flexibility index (Phi) is 15.2. The van der Waals surface area contributed by atoms with Crippen LogP contribution in [0.1, 0.15) is 79.0 Å². The van der Waals surface area contributed by atoms with E-state index in [0.717, 1.165) is 42.7 Å². The van der Waals surface area contributed by atoms with Crippen molar-refractivity contribution in [1.82, 2.24) is 35.2 Å². The van der Waals surface area contributed by atoms with E-state index in [4.69, 9.17) is 11.6 Å². The molecule has 1 saturated carbocycles. The summed E-state index contributed by atoms with van der Waals surface area (Å²) in [5.74, 6) is -6.21. The van der Waals surface area contributed by atoms with Crippen molar-refractivity contribution in [1.29, 1.82) is 0 Å². The van der Waals surface area contributed by atoms with Gasteiger partial charge in [0.25, 0.3) is 5.92 Å². The van der Waals surface area contributed by atoms with Gasteiger partial charge in [0.1, 0.15) is 40.9 Å². The minimum atomic E-state index is -5.24. The quantitative estimate of drug-likeness (QED) is 0.0322. The third-order valence-electron chi connectivity index (χ3n) is 12.2. The van der Waals surface area contributed by atoms with E-state index in [9.17, 15) is 75.9 Å². The Bertz CT molecular complexity index is 3460. The third-order valence-corrected chi connectivity index (χ3v) is 16.3. The van der Waals surface area contributed by atoms with Crippen LogP contribution in [0.5, 0.6) is 0 Å². The molecule has 5 aromatic rings. The molecule has 2 aliphatic carbocycles. The van der Waals surface area contributed by atoms with Crippen LogP contribution < -0.4 is 14.9 Å². The van der Waals surface area contributed by atoms with Crippen LogP contribution in [-0.4, -0.2) is 99.2 Å². The van der Waals surface area contributed by atoms with E-state index in [1.165, 1.54) is 13.8 Å². The number of urea groups is 1. The minimum Gasteiger partial charge on any atom is -0.346 e. The van der Waals surface area contributed by atoms with Crippen LogP contribution in [0.4, 0.5) is 54.5 Å². The van der Waals surface area contributed by atoms with E-state index in [2.05, 4.69) is 37.7 Å². The predicted molar refractivity (Wildman–Crippen MR) is 250 cm³/mol. The first kappa shape index (κ1) is 56.9. The van der Waals surface area contributed by atoms with Gasteiger partial charge in [-0.25, -0.2) is 35.4 Å². The van der Waals surface area contributed by atoms with Crippen molar-refractivity contribution >= 4 is 67.7 Å². The Morgan fingerprint density at radius 1 is 0.960 bits per heavy atom. The average Bonchev–Trinajstić information content (AvgIpc) is 3.76. The fourth-order valence-corrected chi connectivity index (χ4v) is 10.4. The molecule has 0 radical (unpaired) electrons. The van der Waals surface area contributed by atoms with Gasteiger partial charge in [-0.1, -0.05) is 23.6 Å². The summed E-state index contributed by atoms with van der Waals surface area (Å²) >= 11 is 6.62. The van der Waals surface area contributed by atoms with Gasteiger partial charge in [0.15, 0.2) is 21.3 Å². The van der Waals surface area contributed by atoms with Crippen molar-refractivity contribution in [3.8, 4) is 23.0 Å². The van der Waals surface area contributed by atoms with Crippen LogP contribution in [0.25, 0.3) is 22.0 Å². The topological polar surface area (TPSA) is 236 Å². The first-order valence-electron chi connectivity index (χ1n) is 22.0. The molecule has 7 rings (SSSR count). The van der Waals surface area contributed by atoms with Gasteiger partial charge in [0, 0.05) is 47.6 Å². The van der Waals surface area contributed by atoms with Crippen LogP contribution in [0.2, 0.25) is 5.02 Å². The molecule has 3 amide bonds. The third kappa shape index (κ3) is 12.4. The van der Waals surface area contributed by atoms with Crippen molar-refractivity contribution in [2.45, 2.75) is 87.6 Å². The number of hydrogen-bond acceptors (Lipinski definition) is 10. The molecule has 4 N–H and O–H groups in total. The number of carbonyl (C=O) groups is 2. The number of fused-ring (bicyclic) bond motifs is 4. The maximum atomic E-state index is 15.6. The van der Waals surface area contributed by atoms with Crippen LogP contribution in [0, 0.1) is 29.4 Å². The fourth-order valence-electron chi connectivity index (χ4n) is 8.51. The number of unbranched alkanes of at least 4 members (excludes halogenated alkanes) is 1. The van der Waals surface area contributed by atoms with Gasteiger partial charge in [0.05, 0.1) is 33.9 Å². The number of nitrogens with one attached hydrogen (secondary N) is 2. The molecule has 0 saturated heterocycles. The zero-order chi connectivity index (χ0) is 55.8. The summed E-state index contributed by atoms with van der Waals surface area (Å²) in [6, 6.07) is 3.08. The highest BCUT2D eigenvalue weighted by molar-refractivity contribution is 7.93. The van der Waals surface area contributed by atoms with E-state index in [1.807, 2.05) is 0 Å². The highest BCUT2D eigenvalue weighted by Gasteiger charge is 2.68. The Labute approximate surface area is 425 Å². The molecule has 0 bridgehead atoms. The zero-order valence-electron chi connectivity index (χ0n) is 39.3. The highest BCUT2D eigenvalue weighted by Crippen LogP contribution is 2.68. The maximum absolute atomic E-state index is 15.6. The molecule has 0 spiro atoms. The summed E-state index contributed by atoms with van der Waals surface area (Å²) in [7, 11) is -13.3. The predicted octanol–water partition coefficient (Wildman–Crippen LogP) is 7.72. The first-order valence-corrected chi connectivity index (χ1v) is 27.9. The monoisotopic (exact) mass is 1150 g/mol. The lowest BCUT2D eigenvalue weighted by Crippen LogP contribution is -2.44. The molecule has 17 nitrogen and oxygen atoms in total. The van der Waals surface area contributed by atoms with Crippen LogP contribution in [0.15, 0.2) is 42.5 Å². The zero-order valence-corrected chi connectivity index (χ0v) is 42.6. The number of aromatic nitrogens is 5. The second kappa shape index (κ2) is 20.0. The van der Waals surface area contributed by atoms with Crippen molar-refractivity contribution in [3.63, 3.8) is 0 Å². The molecule has 3 aromatic heterocycles. The molecular weight excluding hydrogens is 1110 g/mol. The number of sulfonamides is 1. The summed E-state index contributed by atoms with van der Waals surface area (Å²) in [5, 5.41) is 10.7. The number of anilines is 1. The van der Waals surface area contributed by atoms with Gasteiger partial charge in [-0.2, -0.15) is 49.6 Å². The number of alkyl halides is 8. The average molecular weight is 1150 g/mol. The molecule has 3 heterocycles. The number of nitrogens with zero attached hydrogens (tertiary/aromatic N) is 6. The Morgan fingerprint density at radius 3 is 2.19 bits per heavy atom. The first-order chi connectivity index (χ1) is 34.4. The van der Waals surface area contributed by atoms with Gasteiger partial charge < -0.3 is 20.4 Å². The molecule has 0 aliphatic heterocycles. The number of carbonyl (C=O) groups excluding carboxylic acids is 2. The molecular formula is C44H42ClF10N8O9PS2. The van der Waals surface area contributed by atoms with Gasteiger partial charge in [-0.15, -0.1) is 0 Å². The molecule has 2 aromatic carbocycles. The van der Waals surface area contributed by atoms with Crippen LogP contribution in [0.3, 0.4) is 0 Å². The Hall–Kier alpha value is -5.79. The summed E-state index contributed by atoms with van der Waals surface area (Å²) in [6.45, 7) is -1.31. The Balaban J connectivity index is 1.45. The lowest BCUT2D eigenvalue weighted by Gasteiger charge is -2.23. The van der Waals surface area contributed by atoms with Gasteiger partial charge in [-0.3, -0.25) is 18.7 Å². The van der Waals surface area contributed by atoms with Crippen molar-refractivity contribution < 1.29 is 84.7 Å². The molecule has 0 unspecified atom stereocenters. The smallest absolute Gasteiger partial charge is 0.346 e. The van der Waals surface area contributed by atoms with E-state index in [1.54, 1.807) is 0 Å². The normalized spacial score (nSPS) is 17.0. The number of amides is 3. The van der Waals surface area contributed by atoms with Gasteiger partial charge >= 0.3 is 26.0 Å². The molecule has 2 aliphatic rings. The highest BCUT2D eigenvalue weighted by atomic mass is 35.5.